The summed E-state index contributed by atoms with van der Waals surface area (Å²) in [4.78, 5) is 11.5. The third-order valence-electron chi connectivity index (χ3n) is 1.89. The Kier molecular flexibility index (Phi) is 1.36. The Labute approximate surface area is 72.6 Å². The second-order valence-electron chi connectivity index (χ2n) is 2.86. The van der Waals surface area contributed by atoms with E-state index >= 15 is 0 Å². The molecule has 0 aromatic heterocycles. The second-order valence-corrected chi connectivity index (χ2v) is 2.86. The summed E-state index contributed by atoms with van der Waals surface area (Å²) in [5.41, 5.74) is 0.646. The summed E-state index contributed by atoms with van der Waals surface area (Å²) >= 11 is 0. The van der Waals surface area contributed by atoms with Crippen molar-refractivity contribution < 1.29 is 10.9 Å². The number of benzene rings is 1. The molecule has 0 N–H and O–H groups in total. The van der Waals surface area contributed by atoms with Crippen LogP contribution in [0.4, 0.5) is 0 Å². The topological polar surface area (TPSA) is 26.3 Å². The minimum Gasteiger partial charge on any atom is -0.489 e. The van der Waals surface area contributed by atoms with Gasteiger partial charge < -0.3 is 4.74 Å². The number of carbonyl (C=O) groups is 1. The van der Waals surface area contributed by atoms with Gasteiger partial charge in [0, 0.05) is 7.79 Å². The van der Waals surface area contributed by atoms with Crippen LogP contribution in [0.15, 0.2) is 24.3 Å². The molecule has 0 unspecified atom stereocenters. The van der Waals surface area contributed by atoms with E-state index in [1.165, 1.54) is 0 Å². The fourth-order valence-corrected chi connectivity index (χ4v) is 1.34. The van der Waals surface area contributed by atoms with Crippen molar-refractivity contribution in [1.82, 2.24) is 0 Å². The normalized spacial score (nSPS) is 22.5. The molecule has 1 aliphatic rings. The predicted molar refractivity (Wildman–Crippen MR) is 45.5 cm³/mol. The van der Waals surface area contributed by atoms with E-state index in [1.807, 2.05) is 12.1 Å². The standard InChI is InChI=1S/C10H10O2/c1-7-6-9(11)8-4-2-3-5-10(8)12-7/h2-5,7H,6H2,1H3/t7-/m0/s1/i1D. The molecule has 2 rings (SSSR count). The van der Waals surface area contributed by atoms with E-state index in [-0.39, 0.29) is 18.8 Å². The average Bonchev–Trinajstić information content (AvgIpc) is 2.18. The smallest absolute Gasteiger partial charge is 0.170 e. The van der Waals surface area contributed by atoms with Crippen LogP contribution < -0.4 is 4.74 Å². The van der Waals surface area contributed by atoms with Crippen molar-refractivity contribution in [3.8, 4) is 5.75 Å². The number of hydrogen-bond donors (Lipinski definition) is 0. The first-order valence-electron chi connectivity index (χ1n) is 4.60. The summed E-state index contributed by atoms with van der Waals surface area (Å²) in [5, 5.41) is 0. The monoisotopic (exact) mass is 163 g/mol. The summed E-state index contributed by atoms with van der Waals surface area (Å²) < 4.78 is 12.6. The Morgan fingerprint density at radius 3 is 3.25 bits per heavy atom. The number of carbonyl (C=O) groups excluding carboxylic acids is 1. The first kappa shape index (κ1) is 6.23. The lowest BCUT2D eigenvalue weighted by Gasteiger charge is -2.21. The molecule has 12 heavy (non-hydrogen) atoms. The third-order valence-corrected chi connectivity index (χ3v) is 1.89. The maximum Gasteiger partial charge on any atom is 0.170 e. The molecule has 0 radical (unpaired) electrons. The number of hydrogen-bond acceptors (Lipinski definition) is 2. The summed E-state index contributed by atoms with van der Waals surface area (Å²) in [6.07, 6.45) is 0.0722. The average molecular weight is 163 g/mol. The van der Waals surface area contributed by atoms with Gasteiger partial charge in [0.15, 0.2) is 5.78 Å². The molecule has 0 aliphatic carbocycles. The molecule has 1 aliphatic heterocycles. The number of Topliss-reactive ketones (excluding diaryl/α,β-unsaturated/α-hetero) is 1. The van der Waals surface area contributed by atoms with Crippen LogP contribution in [0, 0.1) is 0 Å². The molecule has 2 heteroatoms. The maximum absolute atomic E-state index is 11.5. The molecular formula is C10H10O2. The highest BCUT2D eigenvalue weighted by molar-refractivity contribution is 5.99. The molecule has 62 valence electrons. The van der Waals surface area contributed by atoms with Gasteiger partial charge in [0.1, 0.15) is 11.9 Å². The first-order valence-corrected chi connectivity index (χ1v) is 3.89. The molecule has 0 spiro atoms. The van der Waals surface area contributed by atoms with E-state index in [0.717, 1.165) is 0 Å². The van der Waals surface area contributed by atoms with Crippen molar-refractivity contribution in [1.29, 1.82) is 0 Å². The zero-order valence-electron chi connectivity index (χ0n) is 7.62. The molecule has 0 amide bonds. The number of rotatable bonds is 0. The van der Waals surface area contributed by atoms with Crippen LogP contribution in [0.2, 0.25) is 0 Å². The molecule has 1 heterocycles. The van der Waals surface area contributed by atoms with Gasteiger partial charge in [0.25, 0.3) is 0 Å². The van der Waals surface area contributed by atoms with Crippen molar-refractivity contribution >= 4 is 5.78 Å². The zero-order valence-corrected chi connectivity index (χ0v) is 6.62. The van der Waals surface area contributed by atoms with Gasteiger partial charge in [-0.3, -0.25) is 4.79 Å². The summed E-state index contributed by atoms with van der Waals surface area (Å²) in [6, 6.07) is 7.19. The Hall–Kier alpha value is -1.31. The van der Waals surface area contributed by atoms with Crippen molar-refractivity contribution in [2.75, 3.05) is 0 Å². The maximum atomic E-state index is 11.5. The fraction of sp³-hybridized carbons (Fsp3) is 0.300. The van der Waals surface area contributed by atoms with E-state index in [1.54, 1.807) is 12.1 Å². The van der Waals surface area contributed by atoms with E-state index < -0.39 is 0 Å². The van der Waals surface area contributed by atoms with Crippen LogP contribution in [0.5, 0.6) is 5.75 Å². The lowest BCUT2D eigenvalue weighted by atomic mass is 10.0. The molecular weight excluding hydrogens is 152 g/mol. The van der Waals surface area contributed by atoms with Gasteiger partial charge >= 0.3 is 0 Å². The van der Waals surface area contributed by atoms with E-state index in [4.69, 9.17) is 6.11 Å². The lowest BCUT2D eigenvalue weighted by molar-refractivity contribution is 0.0871. The highest BCUT2D eigenvalue weighted by Crippen LogP contribution is 2.26. The highest BCUT2D eigenvalue weighted by atomic mass is 16.5. The Balaban J connectivity index is 2.37. The van der Waals surface area contributed by atoms with Gasteiger partial charge in [0.05, 0.1) is 5.56 Å². The second kappa shape index (κ2) is 2.63. The van der Waals surface area contributed by atoms with Crippen LogP contribution >= 0.6 is 0 Å². The van der Waals surface area contributed by atoms with Gasteiger partial charge in [0.2, 0.25) is 0 Å². The summed E-state index contributed by atoms with van der Waals surface area (Å²) in [5.74, 6) is 0.704. The van der Waals surface area contributed by atoms with E-state index in [9.17, 15) is 4.79 Å². The van der Waals surface area contributed by atoms with Gasteiger partial charge in [-0.1, -0.05) is 12.1 Å². The number of ketones is 1. The third kappa shape index (κ3) is 1.09. The molecule has 0 saturated carbocycles. The Morgan fingerprint density at radius 2 is 2.42 bits per heavy atom. The molecule has 0 fully saturated rings. The predicted octanol–water partition coefficient (Wildman–Crippen LogP) is 2.04. The van der Waals surface area contributed by atoms with Crippen LogP contribution in [0.3, 0.4) is 0 Å². The van der Waals surface area contributed by atoms with Crippen molar-refractivity contribution in [2.24, 2.45) is 0 Å². The minimum absolute atomic E-state index is 0.0825. The van der Waals surface area contributed by atoms with Gasteiger partial charge in [-0.15, -0.1) is 0 Å². The SMILES string of the molecule is [2H]C[C@H]1CC(=O)c2ccccc2O1. The molecule has 1 atom stereocenters. The van der Waals surface area contributed by atoms with Crippen LogP contribution in [-0.2, 0) is 0 Å². The summed E-state index contributed by atoms with van der Waals surface area (Å²) in [7, 11) is 0. The van der Waals surface area contributed by atoms with Gasteiger partial charge in [-0.25, -0.2) is 0 Å². The van der Waals surface area contributed by atoms with Crippen molar-refractivity contribution in [2.45, 2.75) is 19.4 Å². The highest BCUT2D eigenvalue weighted by Gasteiger charge is 2.22. The Morgan fingerprint density at radius 1 is 1.58 bits per heavy atom. The van der Waals surface area contributed by atoms with E-state index in [0.29, 0.717) is 17.7 Å². The first-order chi connectivity index (χ1) is 6.31. The molecule has 1 aromatic rings. The van der Waals surface area contributed by atoms with Crippen LogP contribution in [0.25, 0.3) is 0 Å². The van der Waals surface area contributed by atoms with Crippen LogP contribution in [0.1, 0.15) is 25.0 Å². The lowest BCUT2D eigenvalue weighted by Crippen LogP contribution is -2.23. The minimum atomic E-state index is -0.262. The quantitative estimate of drug-likeness (QED) is 0.585. The fourth-order valence-electron chi connectivity index (χ4n) is 1.34. The summed E-state index contributed by atoms with van der Waals surface area (Å²) in [6.45, 7) is 0.139. The van der Waals surface area contributed by atoms with Crippen LogP contribution in [-0.4, -0.2) is 11.9 Å². The van der Waals surface area contributed by atoms with Crippen molar-refractivity contribution in [3.05, 3.63) is 29.8 Å². The number of fused-ring (bicyclic) bond motifs is 1. The van der Waals surface area contributed by atoms with Gasteiger partial charge in [-0.05, 0) is 19.0 Å². The van der Waals surface area contributed by atoms with Crippen molar-refractivity contribution in [3.63, 3.8) is 0 Å². The molecule has 0 bridgehead atoms. The molecule has 1 aromatic carbocycles. The number of ether oxygens (including phenoxy) is 1. The van der Waals surface area contributed by atoms with E-state index in [2.05, 4.69) is 0 Å². The molecule has 0 saturated heterocycles. The molecule has 2 nitrogen and oxygen atoms in total. The zero-order chi connectivity index (χ0) is 9.26. The largest absolute Gasteiger partial charge is 0.489 e. The van der Waals surface area contributed by atoms with Gasteiger partial charge in [-0.2, -0.15) is 0 Å². The Bertz CT molecular complexity index is 335. The number of para-hydroxylation sites is 1.